The molecular weight excluding hydrogens is 254 g/mol. The number of halogens is 1. The molecule has 0 aromatic carbocycles. The Morgan fingerprint density at radius 2 is 2.33 bits per heavy atom. The molecule has 0 spiro atoms. The summed E-state index contributed by atoms with van der Waals surface area (Å²) in [6.07, 6.45) is 3.39. The quantitative estimate of drug-likeness (QED) is 0.689. The highest BCUT2D eigenvalue weighted by Gasteiger charge is 2.30. The number of carbonyl (C=O) groups excluding carboxylic acids is 2. The summed E-state index contributed by atoms with van der Waals surface area (Å²) in [5.74, 6) is -0.0571. The molecule has 2 aliphatic rings. The largest absolute Gasteiger partial charge is 0.354 e. The van der Waals surface area contributed by atoms with Gasteiger partial charge in [0.15, 0.2) is 0 Å². The number of hydrogen-bond donors (Lipinski definition) is 3. The second kappa shape index (κ2) is 6.38. The first kappa shape index (κ1) is 15.2. The van der Waals surface area contributed by atoms with Crippen molar-refractivity contribution in [3.05, 3.63) is 0 Å². The van der Waals surface area contributed by atoms with E-state index in [-0.39, 0.29) is 35.7 Å². The van der Waals surface area contributed by atoms with Crippen molar-refractivity contribution < 1.29 is 9.59 Å². The van der Waals surface area contributed by atoms with Gasteiger partial charge in [-0.2, -0.15) is 0 Å². The molecule has 2 rings (SSSR count). The van der Waals surface area contributed by atoms with Crippen LogP contribution in [0.15, 0.2) is 0 Å². The first-order chi connectivity index (χ1) is 8.09. The number of piperidine rings is 1. The van der Waals surface area contributed by atoms with Crippen molar-refractivity contribution in [2.45, 2.75) is 38.6 Å². The predicted octanol–water partition coefficient (Wildman–Crippen LogP) is 0.193. The normalized spacial score (nSPS) is 31.4. The number of hydrogen-bond acceptors (Lipinski definition) is 3. The molecule has 0 aromatic rings. The standard InChI is InChI=1S/C12H21N3O2.ClH/c1-12(5-2-6-13-7-12)8-14-11(17)9-3-4-10(16)15-9;/h9,13H,2-8H2,1H3,(H,14,17)(H,15,16);1H/t9-,12?;/m0./s1. The van der Waals surface area contributed by atoms with E-state index in [1.54, 1.807) is 0 Å². The van der Waals surface area contributed by atoms with Crippen LogP contribution in [0.25, 0.3) is 0 Å². The molecule has 0 saturated carbocycles. The zero-order chi connectivity index (χ0) is 12.3. The molecule has 0 aromatic heterocycles. The van der Waals surface area contributed by atoms with Crippen LogP contribution in [0.1, 0.15) is 32.6 Å². The minimum Gasteiger partial charge on any atom is -0.354 e. The molecule has 2 saturated heterocycles. The van der Waals surface area contributed by atoms with Crippen molar-refractivity contribution in [3.63, 3.8) is 0 Å². The molecular formula is C12H22ClN3O2. The van der Waals surface area contributed by atoms with Crippen molar-refractivity contribution in [2.75, 3.05) is 19.6 Å². The van der Waals surface area contributed by atoms with Gasteiger partial charge in [0.05, 0.1) is 0 Å². The van der Waals surface area contributed by atoms with Gasteiger partial charge in [0.2, 0.25) is 11.8 Å². The van der Waals surface area contributed by atoms with Crippen LogP contribution in [0.5, 0.6) is 0 Å². The molecule has 6 heteroatoms. The second-order valence-corrected chi connectivity index (χ2v) is 5.47. The predicted molar refractivity (Wildman–Crippen MR) is 71.6 cm³/mol. The Balaban J connectivity index is 0.00000162. The van der Waals surface area contributed by atoms with Crippen LogP contribution in [0, 0.1) is 5.41 Å². The lowest BCUT2D eigenvalue weighted by Crippen LogP contribution is -2.49. The Kier molecular flexibility index (Phi) is 5.41. The third-order valence-electron chi connectivity index (χ3n) is 3.69. The van der Waals surface area contributed by atoms with Gasteiger partial charge in [0.25, 0.3) is 0 Å². The van der Waals surface area contributed by atoms with E-state index in [1.165, 1.54) is 0 Å². The maximum atomic E-state index is 11.8. The van der Waals surface area contributed by atoms with Gasteiger partial charge in [-0.05, 0) is 31.2 Å². The summed E-state index contributed by atoms with van der Waals surface area (Å²) in [6, 6.07) is -0.317. The molecule has 2 fully saturated rings. The van der Waals surface area contributed by atoms with Crippen molar-refractivity contribution >= 4 is 24.2 Å². The lowest BCUT2D eigenvalue weighted by atomic mass is 9.83. The fraction of sp³-hybridized carbons (Fsp3) is 0.833. The van der Waals surface area contributed by atoms with Gasteiger partial charge in [0, 0.05) is 19.5 Å². The SMILES string of the molecule is CC1(CNC(=O)[C@@H]2CCC(=O)N2)CCCNC1.Cl. The molecule has 2 heterocycles. The fourth-order valence-electron chi connectivity index (χ4n) is 2.50. The maximum absolute atomic E-state index is 11.8. The third-order valence-corrected chi connectivity index (χ3v) is 3.69. The molecule has 0 radical (unpaired) electrons. The van der Waals surface area contributed by atoms with Crippen LogP contribution in [0.4, 0.5) is 0 Å². The molecule has 3 N–H and O–H groups in total. The smallest absolute Gasteiger partial charge is 0.242 e. The molecule has 104 valence electrons. The van der Waals surface area contributed by atoms with Crippen molar-refractivity contribution in [3.8, 4) is 0 Å². The minimum atomic E-state index is -0.317. The zero-order valence-corrected chi connectivity index (χ0v) is 11.6. The fourth-order valence-corrected chi connectivity index (χ4v) is 2.50. The summed E-state index contributed by atoms with van der Waals surface area (Å²) < 4.78 is 0. The molecule has 5 nitrogen and oxygen atoms in total. The highest BCUT2D eigenvalue weighted by molar-refractivity contribution is 5.90. The van der Waals surface area contributed by atoms with Gasteiger partial charge in [-0.15, -0.1) is 12.4 Å². The summed E-state index contributed by atoms with van der Waals surface area (Å²) in [7, 11) is 0. The minimum absolute atomic E-state index is 0. The van der Waals surface area contributed by atoms with Gasteiger partial charge < -0.3 is 16.0 Å². The van der Waals surface area contributed by atoms with Gasteiger partial charge in [0.1, 0.15) is 6.04 Å². The Morgan fingerprint density at radius 1 is 1.56 bits per heavy atom. The van der Waals surface area contributed by atoms with E-state index in [1.807, 2.05) is 0 Å². The van der Waals surface area contributed by atoms with E-state index in [2.05, 4.69) is 22.9 Å². The number of rotatable bonds is 3. The van der Waals surface area contributed by atoms with E-state index in [0.717, 1.165) is 25.9 Å². The number of carbonyl (C=O) groups is 2. The van der Waals surface area contributed by atoms with Crippen molar-refractivity contribution in [1.29, 1.82) is 0 Å². The highest BCUT2D eigenvalue weighted by atomic mass is 35.5. The van der Waals surface area contributed by atoms with Crippen molar-refractivity contribution in [1.82, 2.24) is 16.0 Å². The Hall–Kier alpha value is -0.810. The highest BCUT2D eigenvalue weighted by Crippen LogP contribution is 2.24. The van der Waals surface area contributed by atoms with Gasteiger partial charge in [-0.1, -0.05) is 6.92 Å². The number of amides is 2. The van der Waals surface area contributed by atoms with Crippen LogP contribution in [-0.2, 0) is 9.59 Å². The topological polar surface area (TPSA) is 70.2 Å². The average molecular weight is 276 g/mol. The van der Waals surface area contributed by atoms with Crippen LogP contribution < -0.4 is 16.0 Å². The summed E-state index contributed by atoms with van der Waals surface area (Å²) >= 11 is 0. The molecule has 18 heavy (non-hydrogen) atoms. The molecule has 1 unspecified atom stereocenters. The summed E-state index contributed by atoms with van der Waals surface area (Å²) in [4.78, 5) is 22.9. The molecule has 0 aliphatic carbocycles. The molecule has 2 amide bonds. The summed E-state index contributed by atoms with van der Waals surface area (Å²) in [5.41, 5.74) is 0.149. The zero-order valence-electron chi connectivity index (χ0n) is 10.8. The Bertz CT molecular complexity index is 316. The molecule has 0 bridgehead atoms. The van der Waals surface area contributed by atoms with Gasteiger partial charge >= 0.3 is 0 Å². The van der Waals surface area contributed by atoms with Gasteiger partial charge in [-0.3, -0.25) is 9.59 Å². The average Bonchev–Trinajstić information content (AvgIpc) is 2.74. The first-order valence-corrected chi connectivity index (χ1v) is 6.37. The maximum Gasteiger partial charge on any atom is 0.242 e. The van der Waals surface area contributed by atoms with E-state index in [0.29, 0.717) is 19.4 Å². The van der Waals surface area contributed by atoms with Crippen molar-refractivity contribution in [2.24, 2.45) is 5.41 Å². The Morgan fingerprint density at radius 3 is 2.89 bits per heavy atom. The Labute approximate surface area is 114 Å². The molecule has 2 atom stereocenters. The summed E-state index contributed by atoms with van der Waals surface area (Å²) in [5, 5.41) is 9.00. The number of nitrogens with one attached hydrogen (secondary N) is 3. The van der Waals surface area contributed by atoms with E-state index >= 15 is 0 Å². The van der Waals surface area contributed by atoms with E-state index in [4.69, 9.17) is 0 Å². The summed E-state index contributed by atoms with van der Waals surface area (Å²) in [6.45, 7) is 4.89. The third kappa shape index (κ3) is 3.85. The van der Waals surface area contributed by atoms with Crippen LogP contribution in [-0.4, -0.2) is 37.5 Å². The lowest BCUT2D eigenvalue weighted by molar-refractivity contribution is -0.126. The molecule has 2 aliphatic heterocycles. The van der Waals surface area contributed by atoms with Crippen LogP contribution >= 0.6 is 12.4 Å². The van der Waals surface area contributed by atoms with E-state index < -0.39 is 0 Å². The second-order valence-electron chi connectivity index (χ2n) is 5.47. The van der Waals surface area contributed by atoms with Gasteiger partial charge in [-0.25, -0.2) is 0 Å². The van der Waals surface area contributed by atoms with Crippen LogP contribution in [0.3, 0.4) is 0 Å². The monoisotopic (exact) mass is 275 g/mol. The lowest BCUT2D eigenvalue weighted by Gasteiger charge is -2.34. The first-order valence-electron chi connectivity index (χ1n) is 6.37. The van der Waals surface area contributed by atoms with E-state index in [9.17, 15) is 9.59 Å². The van der Waals surface area contributed by atoms with Crippen LogP contribution in [0.2, 0.25) is 0 Å².